The Morgan fingerprint density at radius 3 is 2.44 bits per heavy atom. The van der Waals surface area contributed by atoms with Gasteiger partial charge < -0.3 is 15.1 Å². The van der Waals surface area contributed by atoms with Crippen LogP contribution in [0.25, 0.3) is 0 Å². The molecule has 18 heavy (non-hydrogen) atoms. The second-order valence-corrected chi connectivity index (χ2v) is 5.69. The van der Waals surface area contributed by atoms with Crippen molar-refractivity contribution in [2.45, 2.75) is 44.2 Å². The largest absolute Gasteiger partial charge is 0.353 e. The summed E-state index contributed by atoms with van der Waals surface area (Å²) in [5.41, 5.74) is 0. The fraction of sp³-hybridized carbons (Fsp3) is 0.923. The molecule has 2 heterocycles. The molecule has 0 aromatic carbocycles. The van der Waals surface area contributed by atoms with Crippen LogP contribution in [0.2, 0.25) is 0 Å². The average molecular weight is 364 g/mol. The van der Waals surface area contributed by atoms with Crippen LogP contribution in [0.3, 0.4) is 0 Å². The van der Waals surface area contributed by atoms with E-state index in [0.29, 0.717) is 6.04 Å². The number of nitrogens with zero attached hydrogens (tertiary/aromatic N) is 3. The molecule has 1 aliphatic carbocycles. The van der Waals surface area contributed by atoms with E-state index in [9.17, 15) is 0 Å². The zero-order valence-electron chi connectivity index (χ0n) is 11.3. The fourth-order valence-corrected chi connectivity index (χ4v) is 3.16. The number of piperidine rings is 1. The lowest BCUT2D eigenvalue weighted by Crippen LogP contribution is -2.56. The second-order valence-electron chi connectivity index (χ2n) is 5.69. The van der Waals surface area contributed by atoms with E-state index in [0.717, 1.165) is 25.1 Å². The first-order chi connectivity index (χ1) is 8.33. The van der Waals surface area contributed by atoms with Gasteiger partial charge in [-0.3, -0.25) is 4.99 Å². The number of likely N-dealkylation sites (tertiary alicyclic amines) is 1. The molecule has 1 N–H and O–H groups in total. The highest BCUT2D eigenvalue weighted by Crippen LogP contribution is 2.28. The maximum atomic E-state index is 4.49. The molecule has 1 saturated carbocycles. The average Bonchev–Trinajstić information content (AvgIpc) is 2.70. The van der Waals surface area contributed by atoms with E-state index < -0.39 is 0 Å². The molecular formula is C13H25IN4. The van der Waals surface area contributed by atoms with Gasteiger partial charge in [0.05, 0.1) is 6.54 Å². The van der Waals surface area contributed by atoms with Crippen molar-refractivity contribution in [3.05, 3.63) is 0 Å². The molecular weight excluding hydrogens is 339 g/mol. The maximum Gasteiger partial charge on any atom is 0.194 e. The Morgan fingerprint density at radius 1 is 1.11 bits per heavy atom. The summed E-state index contributed by atoms with van der Waals surface area (Å²) in [5.74, 6) is 1.12. The third-order valence-electron chi connectivity index (χ3n) is 4.41. The molecule has 3 rings (SSSR count). The van der Waals surface area contributed by atoms with Gasteiger partial charge in [-0.05, 0) is 38.8 Å². The minimum absolute atomic E-state index is 0. The van der Waals surface area contributed by atoms with Crippen LogP contribution in [0.1, 0.15) is 32.1 Å². The number of nitrogens with one attached hydrogen (secondary N) is 1. The van der Waals surface area contributed by atoms with Crippen molar-refractivity contribution in [2.24, 2.45) is 4.99 Å². The highest BCUT2D eigenvalue weighted by Gasteiger charge is 2.35. The van der Waals surface area contributed by atoms with Crippen LogP contribution in [-0.2, 0) is 0 Å². The van der Waals surface area contributed by atoms with E-state index in [1.54, 1.807) is 0 Å². The zero-order chi connectivity index (χ0) is 11.7. The Kier molecular flexibility index (Phi) is 5.12. The van der Waals surface area contributed by atoms with Gasteiger partial charge >= 0.3 is 0 Å². The number of likely N-dealkylation sites (N-methyl/N-ethyl adjacent to an activating group) is 1. The molecule has 0 unspecified atom stereocenters. The molecule has 3 aliphatic rings. The standard InChI is InChI=1S/C13H24N4.HI/c1-16-8-5-14-13(16)15-11-9-12(10-11)17-6-3-2-4-7-17;/h11-12H,2-10H2,1H3,(H,14,15);1H. The van der Waals surface area contributed by atoms with Gasteiger partial charge in [0.15, 0.2) is 5.96 Å². The van der Waals surface area contributed by atoms with E-state index >= 15 is 0 Å². The zero-order valence-corrected chi connectivity index (χ0v) is 13.6. The number of guanidine groups is 1. The summed E-state index contributed by atoms with van der Waals surface area (Å²) < 4.78 is 0. The van der Waals surface area contributed by atoms with E-state index in [1.165, 1.54) is 45.2 Å². The van der Waals surface area contributed by atoms with Gasteiger partial charge in [0.1, 0.15) is 0 Å². The Labute approximate surface area is 127 Å². The van der Waals surface area contributed by atoms with Crippen molar-refractivity contribution in [3.63, 3.8) is 0 Å². The molecule has 4 nitrogen and oxygen atoms in total. The Bertz CT molecular complexity index is 295. The first-order valence-electron chi connectivity index (χ1n) is 7.09. The van der Waals surface area contributed by atoms with E-state index in [4.69, 9.17) is 0 Å². The number of hydrogen-bond acceptors (Lipinski definition) is 4. The SMILES string of the molecule is CN1CCN=C1NC1CC(N2CCCCC2)C1.I. The maximum absolute atomic E-state index is 4.49. The third-order valence-corrected chi connectivity index (χ3v) is 4.41. The lowest BCUT2D eigenvalue weighted by atomic mass is 9.84. The summed E-state index contributed by atoms with van der Waals surface area (Å²) in [5, 5.41) is 3.58. The molecule has 0 atom stereocenters. The van der Waals surface area contributed by atoms with Crippen LogP contribution in [0.5, 0.6) is 0 Å². The Balaban J connectivity index is 0.00000120. The third kappa shape index (κ3) is 3.10. The van der Waals surface area contributed by atoms with Crippen LogP contribution >= 0.6 is 24.0 Å². The number of hydrogen-bond donors (Lipinski definition) is 1. The first-order valence-corrected chi connectivity index (χ1v) is 7.09. The highest BCUT2D eigenvalue weighted by molar-refractivity contribution is 14.0. The van der Waals surface area contributed by atoms with Gasteiger partial charge in [0, 0.05) is 25.7 Å². The Morgan fingerprint density at radius 2 is 1.83 bits per heavy atom. The monoisotopic (exact) mass is 364 g/mol. The molecule has 0 radical (unpaired) electrons. The van der Waals surface area contributed by atoms with Gasteiger partial charge in [-0.25, -0.2) is 0 Å². The smallest absolute Gasteiger partial charge is 0.194 e. The summed E-state index contributed by atoms with van der Waals surface area (Å²) >= 11 is 0. The van der Waals surface area contributed by atoms with Crippen LogP contribution in [0, 0.1) is 0 Å². The lowest BCUT2D eigenvalue weighted by molar-refractivity contribution is 0.0839. The molecule has 2 aliphatic heterocycles. The van der Waals surface area contributed by atoms with Gasteiger partial charge in [-0.1, -0.05) is 6.42 Å². The lowest BCUT2D eigenvalue weighted by Gasteiger charge is -2.45. The normalized spacial score (nSPS) is 32.5. The highest BCUT2D eigenvalue weighted by atomic mass is 127. The van der Waals surface area contributed by atoms with Gasteiger partial charge in [-0.2, -0.15) is 0 Å². The first kappa shape index (κ1) is 14.4. The number of halogens is 1. The van der Waals surface area contributed by atoms with Gasteiger partial charge in [0.25, 0.3) is 0 Å². The van der Waals surface area contributed by atoms with Crippen LogP contribution in [-0.4, -0.2) is 61.1 Å². The molecule has 104 valence electrons. The van der Waals surface area contributed by atoms with Crippen LogP contribution in [0.4, 0.5) is 0 Å². The molecule has 0 amide bonds. The Hall–Kier alpha value is -0.0400. The van der Waals surface area contributed by atoms with Crippen molar-refractivity contribution < 1.29 is 0 Å². The molecule has 0 spiro atoms. The fourth-order valence-electron chi connectivity index (χ4n) is 3.16. The van der Waals surface area contributed by atoms with Crippen LogP contribution < -0.4 is 5.32 Å². The minimum Gasteiger partial charge on any atom is -0.353 e. The molecule has 0 aromatic rings. The van der Waals surface area contributed by atoms with Gasteiger partial charge in [-0.15, -0.1) is 24.0 Å². The molecule has 5 heteroatoms. The van der Waals surface area contributed by atoms with E-state index in [1.807, 2.05) is 0 Å². The summed E-state index contributed by atoms with van der Waals surface area (Å²) in [7, 11) is 2.12. The molecule has 1 saturated heterocycles. The minimum atomic E-state index is 0. The molecule has 0 bridgehead atoms. The predicted octanol–water partition coefficient (Wildman–Crippen LogP) is 1.51. The summed E-state index contributed by atoms with van der Waals surface area (Å²) in [6, 6.07) is 1.52. The molecule has 2 fully saturated rings. The number of aliphatic imine (C=N–C) groups is 1. The number of rotatable bonds is 2. The van der Waals surface area contributed by atoms with Crippen molar-refractivity contribution in [2.75, 3.05) is 33.2 Å². The quantitative estimate of drug-likeness (QED) is 0.754. The van der Waals surface area contributed by atoms with E-state index in [-0.39, 0.29) is 24.0 Å². The van der Waals surface area contributed by atoms with Crippen molar-refractivity contribution in [1.29, 1.82) is 0 Å². The van der Waals surface area contributed by atoms with Crippen molar-refractivity contribution >= 4 is 29.9 Å². The van der Waals surface area contributed by atoms with E-state index in [2.05, 4.69) is 27.2 Å². The predicted molar refractivity (Wildman–Crippen MR) is 85.7 cm³/mol. The summed E-state index contributed by atoms with van der Waals surface area (Å²) in [6.07, 6.45) is 6.88. The summed E-state index contributed by atoms with van der Waals surface area (Å²) in [6.45, 7) is 4.70. The second kappa shape index (κ2) is 6.41. The van der Waals surface area contributed by atoms with Crippen molar-refractivity contribution in [3.8, 4) is 0 Å². The van der Waals surface area contributed by atoms with Gasteiger partial charge in [0.2, 0.25) is 0 Å². The topological polar surface area (TPSA) is 30.9 Å². The molecule has 0 aromatic heterocycles. The summed E-state index contributed by atoms with van der Waals surface area (Å²) in [4.78, 5) is 9.42. The van der Waals surface area contributed by atoms with Crippen LogP contribution in [0.15, 0.2) is 4.99 Å². The van der Waals surface area contributed by atoms with Crippen molar-refractivity contribution in [1.82, 2.24) is 15.1 Å².